The molecule has 0 spiro atoms. The first kappa shape index (κ1) is 12.8. The maximum atomic E-state index is 11.9. The number of urea groups is 1. The molecule has 0 aromatic rings. The van der Waals surface area contributed by atoms with Crippen molar-refractivity contribution in [1.29, 1.82) is 0 Å². The molecule has 1 aliphatic rings. The number of β-amino-alcohol motifs (C(OH)–C–C–N with tert-alkyl or cyclic N) is 1. The highest BCUT2D eigenvalue weighted by Gasteiger charge is 2.40. The summed E-state index contributed by atoms with van der Waals surface area (Å²) in [6.07, 6.45) is -0.622. The van der Waals surface area contributed by atoms with Crippen molar-refractivity contribution >= 4 is 12.0 Å². The lowest BCUT2D eigenvalue weighted by Gasteiger charge is -2.28. The summed E-state index contributed by atoms with van der Waals surface area (Å²) in [6.45, 7) is 4.85. The van der Waals surface area contributed by atoms with Gasteiger partial charge < -0.3 is 20.0 Å². The normalized spacial score (nSPS) is 24.6. The number of hydrogen-bond donors (Lipinski definition) is 2. The molecule has 0 aromatic carbocycles. The van der Waals surface area contributed by atoms with E-state index in [1.54, 1.807) is 4.90 Å². The van der Waals surface area contributed by atoms with E-state index in [0.29, 0.717) is 13.1 Å². The summed E-state index contributed by atoms with van der Waals surface area (Å²) in [5, 5.41) is 18.4. The van der Waals surface area contributed by atoms with E-state index in [4.69, 9.17) is 5.11 Å². The molecule has 0 aliphatic carbocycles. The summed E-state index contributed by atoms with van der Waals surface area (Å²) >= 11 is 0. The van der Waals surface area contributed by atoms with E-state index in [9.17, 15) is 14.7 Å². The highest BCUT2D eigenvalue weighted by molar-refractivity contribution is 5.83. The van der Waals surface area contributed by atoms with Gasteiger partial charge in [0.25, 0.3) is 0 Å². The maximum absolute atomic E-state index is 11.9. The predicted octanol–water partition coefficient (Wildman–Crippen LogP) is -0.0320. The molecule has 0 bridgehead atoms. The van der Waals surface area contributed by atoms with Crippen molar-refractivity contribution < 1.29 is 19.8 Å². The quantitative estimate of drug-likeness (QED) is 0.713. The second-order valence-electron chi connectivity index (χ2n) is 3.85. The van der Waals surface area contributed by atoms with E-state index in [2.05, 4.69) is 0 Å². The first-order valence-corrected chi connectivity index (χ1v) is 5.47. The van der Waals surface area contributed by atoms with Gasteiger partial charge in [0.2, 0.25) is 0 Å². The van der Waals surface area contributed by atoms with Crippen LogP contribution in [0.3, 0.4) is 0 Å². The van der Waals surface area contributed by atoms with Crippen LogP contribution in [0.5, 0.6) is 0 Å². The van der Waals surface area contributed by atoms with E-state index < -0.39 is 18.1 Å². The Hall–Kier alpha value is -1.30. The number of likely N-dealkylation sites (tertiary alicyclic amines) is 1. The van der Waals surface area contributed by atoms with Gasteiger partial charge >= 0.3 is 12.0 Å². The molecule has 1 unspecified atom stereocenters. The lowest BCUT2D eigenvalue weighted by atomic mass is 10.2. The number of aliphatic hydroxyl groups excluding tert-OH is 1. The summed E-state index contributed by atoms with van der Waals surface area (Å²) < 4.78 is 0. The van der Waals surface area contributed by atoms with Gasteiger partial charge in [-0.1, -0.05) is 0 Å². The van der Waals surface area contributed by atoms with Crippen molar-refractivity contribution in [2.45, 2.75) is 32.4 Å². The molecule has 6 nitrogen and oxygen atoms in total. The Bertz CT molecular complexity index is 278. The molecule has 6 heteroatoms. The molecule has 0 saturated carbocycles. The molecule has 1 saturated heterocycles. The van der Waals surface area contributed by atoms with Crippen LogP contribution >= 0.6 is 0 Å². The average Bonchev–Trinajstić information content (AvgIpc) is 2.62. The Labute approximate surface area is 94.4 Å². The van der Waals surface area contributed by atoms with Gasteiger partial charge in [-0.2, -0.15) is 0 Å². The van der Waals surface area contributed by atoms with Crippen molar-refractivity contribution in [3.8, 4) is 0 Å². The fourth-order valence-corrected chi connectivity index (χ4v) is 1.94. The monoisotopic (exact) mass is 230 g/mol. The van der Waals surface area contributed by atoms with Crippen molar-refractivity contribution in [1.82, 2.24) is 9.80 Å². The number of amides is 2. The minimum atomic E-state index is -1.06. The Kier molecular flexibility index (Phi) is 4.12. The van der Waals surface area contributed by atoms with Crippen molar-refractivity contribution in [2.75, 3.05) is 19.6 Å². The fourth-order valence-electron chi connectivity index (χ4n) is 1.94. The highest BCUT2D eigenvalue weighted by Crippen LogP contribution is 2.19. The number of carboxylic acid groups (broad SMARTS) is 1. The van der Waals surface area contributed by atoms with Gasteiger partial charge in [0, 0.05) is 26.1 Å². The molecular formula is C10H18N2O4. The minimum Gasteiger partial charge on any atom is -0.480 e. The van der Waals surface area contributed by atoms with Gasteiger partial charge in [0.1, 0.15) is 6.04 Å². The molecular weight excluding hydrogens is 212 g/mol. The second kappa shape index (κ2) is 5.16. The van der Waals surface area contributed by atoms with Crippen LogP contribution in [0.2, 0.25) is 0 Å². The van der Waals surface area contributed by atoms with Crippen LogP contribution in [0.4, 0.5) is 4.79 Å². The molecule has 1 rings (SSSR count). The molecule has 2 atom stereocenters. The molecule has 1 heterocycles. The number of hydrogen-bond acceptors (Lipinski definition) is 3. The first-order valence-electron chi connectivity index (χ1n) is 5.47. The van der Waals surface area contributed by atoms with Gasteiger partial charge in [-0.05, 0) is 13.8 Å². The topological polar surface area (TPSA) is 81.1 Å². The largest absolute Gasteiger partial charge is 0.480 e. The molecule has 1 aliphatic heterocycles. The van der Waals surface area contributed by atoms with Crippen molar-refractivity contribution in [3.63, 3.8) is 0 Å². The van der Waals surface area contributed by atoms with Crippen LogP contribution < -0.4 is 0 Å². The lowest BCUT2D eigenvalue weighted by molar-refractivity contribution is -0.141. The highest BCUT2D eigenvalue weighted by atomic mass is 16.4. The number of carbonyl (C=O) groups excluding carboxylic acids is 1. The van der Waals surface area contributed by atoms with Gasteiger partial charge in [-0.25, -0.2) is 9.59 Å². The zero-order valence-electron chi connectivity index (χ0n) is 9.59. The molecule has 16 heavy (non-hydrogen) atoms. The first-order chi connectivity index (χ1) is 7.51. The summed E-state index contributed by atoms with van der Waals surface area (Å²) in [5.41, 5.74) is 0. The summed E-state index contributed by atoms with van der Waals surface area (Å²) in [5.74, 6) is -1.06. The van der Waals surface area contributed by atoms with Crippen molar-refractivity contribution in [3.05, 3.63) is 0 Å². The lowest BCUT2D eigenvalue weighted by Crippen LogP contribution is -2.48. The average molecular weight is 230 g/mol. The predicted molar refractivity (Wildman–Crippen MR) is 57.1 cm³/mol. The zero-order valence-corrected chi connectivity index (χ0v) is 9.59. The van der Waals surface area contributed by atoms with Crippen LogP contribution in [-0.2, 0) is 4.79 Å². The Balaban J connectivity index is 2.77. The summed E-state index contributed by atoms with van der Waals surface area (Å²) in [7, 11) is 0. The van der Waals surface area contributed by atoms with Gasteiger partial charge in [-0.3, -0.25) is 0 Å². The number of carboxylic acids is 1. The number of nitrogens with zero attached hydrogens (tertiary/aromatic N) is 2. The molecule has 0 aromatic heterocycles. The number of aliphatic carboxylic acids is 1. The van der Waals surface area contributed by atoms with Crippen LogP contribution in [0.25, 0.3) is 0 Å². The van der Waals surface area contributed by atoms with Gasteiger partial charge in [0.15, 0.2) is 0 Å². The van der Waals surface area contributed by atoms with Gasteiger partial charge in [-0.15, -0.1) is 0 Å². The molecule has 2 N–H and O–H groups in total. The molecule has 92 valence electrons. The third-order valence-electron chi connectivity index (χ3n) is 2.84. The van der Waals surface area contributed by atoms with Crippen LogP contribution in [0, 0.1) is 0 Å². The molecule has 2 amide bonds. The van der Waals surface area contributed by atoms with E-state index in [1.807, 2.05) is 13.8 Å². The van der Waals surface area contributed by atoms with E-state index in [1.165, 1.54) is 4.90 Å². The van der Waals surface area contributed by atoms with E-state index in [0.717, 1.165) is 0 Å². The molecule has 1 fully saturated rings. The second-order valence-corrected chi connectivity index (χ2v) is 3.85. The van der Waals surface area contributed by atoms with Crippen LogP contribution in [-0.4, -0.2) is 63.8 Å². The van der Waals surface area contributed by atoms with Crippen LogP contribution in [0.15, 0.2) is 0 Å². The third-order valence-corrected chi connectivity index (χ3v) is 2.84. The molecule has 0 radical (unpaired) electrons. The zero-order chi connectivity index (χ0) is 12.3. The van der Waals surface area contributed by atoms with Crippen molar-refractivity contribution in [2.24, 2.45) is 0 Å². The number of carbonyl (C=O) groups is 2. The van der Waals surface area contributed by atoms with Gasteiger partial charge in [0.05, 0.1) is 6.10 Å². The Morgan fingerprint density at radius 2 is 1.94 bits per heavy atom. The minimum absolute atomic E-state index is 0.103. The fraction of sp³-hybridized carbons (Fsp3) is 0.800. The Morgan fingerprint density at radius 3 is 2.38 bits per heavy atom. The smallest absolute Gasteiger partial charge is 0.326 e. The number of rotatable bonds is 3. The summed E-state index contributed by atoms with van der Waals surface area (Å²) in [6, 6.07) is -1.21. The SMILES string of the molecule is CCN(CC)C(=O)N1CC(O)C[C@H]1C(=O)O. The Morgan fingerprint density at radius 1 is 1.38 bits per heavy atom. The number of aliphatic hydroxyl groups is 1. The van der Waals surface area contributed by atoms with E-state index in [-0.39, 0.29) is 19.0 Å². The maximum Gasteiger partial charge on any atom is 0.326 e. The van der Waals surface area contributed by atoms with E-state index >= 15 is 0 Å². The summed E-state index contributed by atoms with van der Waals surface area (Å²) in [4.78, 5) is 25.7. The standard InChI is InChI=1S/C10H18N2O4/c1-3-11(4-2)10(16)12-6-7(13)5-8(12)9(14)15/h7-8,13H,3-6H2,1-2H3,(H,14,15)/t7?,8-/m0/s1. The third kappa shape index (κ3) is 2.44. The van der Waals surface area contributed by atoms with Crippen LogP contribution in [0.1, 0.15) is 20.3 Å².